The van der Waals surface area contributed by atoms with Crippen molar-refractivity contribution in [2.75, 3.05) is 19.8 Å². The molecule has 0 saturated carbocycles. The molecule has 1 rings (SSSR count). The Bertz CT molecular complexity index is 582. The van der Waals surface area contributed by atoms with Crippen LogP contribution in [0.15, 0.2) is 23.1 Å². The van der Waals surface area contributed by atoms with E-state index >= 15 is 0 Å². The summed E-state index contributed by atoms with van der Waals surface area (Å²) in [5.41, 5.74) is 0.321. The van der Waals surface area contributed by atoms with Gasteiger partial charge in [-0.2, -0.15) is 5.26 Å². The minimum atomic E-state index is -3.66. The zero-order chi connectivity index (χ0) is 15.0. The number of ether oxygens (including phenoxy) is 1. The van der Waals surface area contributed by atoms with Crippen LogP contribution < -0.4 is 4.72 Å². The maximum atomic E-state index is 12.0. The summed E-state index contributed by atoms with van der Waals surface area (Å²) in [6, 6.07) is 5.99. The van der Waals surface area contributed by atoms with Crippen molar-refractivity contribution in [3.8, 4) is 6.07 Å². The molecule has 0 amide bonds. The lowest BCUT2D eigenvalue weighted by atomic mass is 10.2. The van der Waals surface area contributed by atoms with Gasteiger partial charge in [0, 0.05) is 19.8 Å². The molecule has 0 saturated heterocycles. The molecule has 0 bridgehead atoms. The van der Waals surface area contributed by atoms with Crippen molar-refractivity contribution in [3.05, 3.63) is 28.8 Å². The number of hydrogen-bond donors (Lipinski definition) is 1. The highest BCUT2D eigenvalue weighted by Gasteiger charge is 2.17. The van der Waals surface area contributed by atoms with Gasteiger partial charge in [0.25, 0.3) is 0 Å². The zero-order valence-electron chi connectivity index (χ0n) is 11.2. The Labute approximate surface area is 124 Å². The predicted octanol–water partition coefficient (Wildman–Crippen LogP) is 2.31. The van der Waals surface area contributed by atoms with E-state index in [0.717, 1.165) is 6.42 Å². The van der Waals surface area contributed by atoms with E-state index in [9.17, 15) is 8.42 Å². The normalized spacial score (nSPS) is 11.2. The lowest BCUT2D eigenvalue weighted by Gasteiger charge is -2.08. The highest BCUT2D eigenvalue weighted by atomic mass is 35.5. The Kier molecular flexibility index (Phi) is 6.96. The molecule has 0 aliphatic rings. The Morgan fingerprint density at radius 3 is 2.75 bits per heavy atom. The number of hydrogen-bond acceptors (Lipinski definition) is 4. The molecule has 0 aromatic heterocycles. The maximum Gasteiger partial charge on any atom is 0.242 e. The number of halogens is 1. The Balaban J connectivity index is 2.59. The number of rotatable bonds is 8. The van der Waals surface area contributed by atoms with Gasteiger partial charge in [-0.3, -0.25) is 0 Å². The molecule has 110 valence electrons. The third kappa shape index (κ3) is 5.10. The summed E-state index contributed by atoms with van der Waals surface area (Å²) in [6.45, 7) is 3.48. The smallest absolute Gasteiger partial charge is 0.242 e. The van der Waals surface area contributed by atoms with Crippen LogP contribution >= 0.6 is 11.6 Å². The minimum absolute atomic E-state index is 0.0207. The SMILES string of the molecule is CCCOCCCNS(=O)(=O)c1ccc(C#N)cc1Cl. The van der Waals surface area contributed by atoms with Gasteiger partial charge in [-0.1, -0.05) is 18.5 Å². The summed E-state index contributed by atoms with van der Waals surface area (Å²) in [5.74, 6) is 0. The number of nitrogens with one attached hydrogen (secondary N) is 1. The highest BCUT2D eigenvalue weighted by Crippen LogP contribution is 2.22. The van der Waals surface area contributed by atoms with Crippen molar-refractivity contribution in [2.24, 2.45) is 0 Å². The van der Waals surface area contributed by atoms with E-state index in [1.807, 2.05) is 13.0 Å². The van der Waals surface area contributed by atoms with Crippen LogP contribution in [0.1, 0.15) is 25.3 Å². The number of nitriles is 1. The second kappa shape index (κ2) is 8.22. The number of nitrogens with zero attached hydrogens (tertiary/aromatic N) is 1. The topological polar surface area (TPSA) is 79.2 Å². The van der Waals surface area contributed by atoms with Crippen LogP contribution in [0.25, 0.3) is 0 Å². The third-order valence-electron chi connectivity index (χ3n) is 2.46. The summed E-state index contributed by atoms with van der Waals surface area (Å²) in [7, 11) is -3.66. The fourth-order valence-electron chi connectivity index (χ4n) is 1.49. The molecule has 5 nitrogen and oxygen atoms in total. The lowest BCUT2D eigenvalue weighted by Crippen LogP contribution is -2.26. The predicted molar refractivity (Wildman–Crippen MR) is 77.1 cm³/mol. The van der Waals surface area contributed by atoms with Crippen LogP contribution in [0.4, 0.5) is 0 Å². The van der Waals surface area contributed by atoms with Gasteiger partial charge in [0.1, 0.15) is 4.90 Å². The molecule has 0 atom stereocenters. The van der Waals surface area contributed by atoms with Crippen LogP contribution in [0.2, 0.25) is 5.02 Å². The first-order valence-electron chi connectivity index (χ1n) is 6.28. The fraction of sp³-hybridized carbons (Fsp3) is 0.462. The van der Waals surface area contributed by atoms with Crippen LogP contribution in [0, 0.1) is 11.3 Å². The summed E-state index contributed by atoms with van der Waals surface area (Å²) in [6.07, 6.45) is 1.53. The first-order chi connectivity index (χ1) is 9.51. The first-order valence-corrected chi connectivity index (χ1v) is 8.14. The molecule has 1 aromatic rings. The van der Waals surface area contributed by atoms with Gasteiger partial charge in [-0.15, -0.1) is 0 Å². The van der Waals surface area contributed by atoms with E-state index in [-0.39, 0.29) is 16.5 Å². The minimum Gasteiger partial charge on any atom is -0.381 e. The number of sulfonamides is 1. The highest BCUT2D eigenvalue weighted by molar-refractivity contribution is 7.89. The summed E-state index contributed by atoms with van der Waals surface area (Å²) < 4.78 is 31.8. The Hall–Kier alpha value is -1.13. The van der Waals surface area contributed by atoms with Gasteiger partial charge in [0.2, 0.25) is 10.0 Å². The maximum absolute atomic E-state index is 12.0. The lowest BCUT2D eigenvalue weighted by molar-refractivity contribution is 0.133. The van der Waals surface area contributed by atoms with E-state index in [2.05, 4.69) is 4.72 Å². The largest absolute Gasteiger partial charge is 0.381 e. The van der Waals surface area contributed by atoms with Gasteiger partial charge < -0.3 is 4.74 Å². The molecule has 0 spiro atoms. The van der Waals surface area contributed by atoms with E-state index in [1.54, 1.807) is 0 Å². The third-order valence-corrected chi connectivity index (χ3v) is 4.40. The molecule has 1 N–H and O–H groups in total. The zero-order valence-corrected chi connectivity index (χ0v) is 12.8. The summed E-state index contributed by atoms with van der Waals surface area (Å²) >= 11 is 5.88. The van der Waals surface area contributed by atoms with Crippen molar-refractivity contribution in [1.82, 2.24) is 4.72 Å². The monoisotopic (exact) mass is 316 g/mol. The molecule has 0 fully saturated rings. The standard InChI is InChI=1S/C13H17ClN2O3S/c1-2-7-19-8-3-6-16-20(17,18)13-5-4-11(10-15)9-12(13)14/h4-5,9,16H,2-3,6-8H2,1H3. The van der Waals surface area contributed by atoms with Gasteiger partial charge in [-0.25, -0.2) is 13.1 Å². The van der Waals surface area contributed by atoms with Crippen LogP contribution in [-0.4, -0.2) is 28.2 Å². The van der Waals surface area contributed by atoms with Gasteiger partial charge in [-0.05, 0) is 31.0 Å². The van der Waals surface area contributed by atoms with E-state index < -0.39 is 10.0 Å². The second-order valence-electron chi connectivity index (χ2n) is 4.12. The molecule has 0 heterocycles. The Morgan fingerprint density at radius 2 is 2.15 bits per heavy atom. The molecule has 0 radical (unpaired) electrons. The van der Waals surface area contributed by atoms with Gasteiger partial charge >= 0.3 is 0 Å². The van der Waals surface area contributed by atoms with Crippen molar-refractivity contribution in [1.29, 1.82) is 5.26 Å². The summed E-state index contributed by atoms with van der Waals surface area (Å²) in [5, 5.41) is 8.75. The van der Waals surface area contributed by atoms with E-state index in [4.69, 9.17) is 21.6 Å². The molecule has 7 heteroatoms. The van der Waals surface area contributed by atoms with Gasteiger partial charge in [0.05, 0.1) is 16.7 Å². The molecule has 0 aliphatic heterocycles. The molecular weight excluding hydrogens is 300 g/mol. The quantitative estimate of drug-likeness (QED) is 0.746. The van der Waals surface area contributed by atoms with E-state index in [1.165, 1.54) is 18.2 Å². The van der Waals surface area contributed by atoms with Crippen LogP contribution in [0.3, 0.4) is 0 Å². The number of benzene rings is 1. The molecule has 1 aromatic carbocycles. The molecule has 20 heavy (non-hydrogen) atoms. The van der Waals surface area contributed by atoms with Crippen molar-refractivity contribution >= 4 is 21.6 Å². The Morgan fingerprint density at radius 1 is 1.40 bits per heavy atom. The van der Waals surface area contributed by atoms with Crippen molar-refractivity contribution in [3.63, 3.8) is 0 Å². The summed E-state index contributed by atoms with van der Waals surface area (Å²) in [4.78, 5) is -0.0207. The van der Waals surface area contributed by atoms with Gasteiger partial charge in [0.15, 0.2) is 0 Å². The van der Waals surface area contributed by atoms with Crippen molar-refractivity contribution < 1.29 is 13.2 Å². The average Bonchev–Trinajstić information content (AvgIpc) is 2.42. The van der Waals surface area contributed by atoms with Crippen LogP contribution in [-0.2, 0) is 14.8 Å². The van der Waals surface area contributed by atoms with Crippen molar-refractivity contribution in [2.45, 2.75) is 24.7 Å². The molecular formula is C13H17ClN2O3S. The first kappa shape index (κ1) is 16.9. The van der Waals surface area contributed by atoms with Crippen LogP contribution in [0.5, 0.6) is 0 Å². The second-order valence-corrected chi connectivity index (χ2v) is 6.26. The molecule has 0 unspecified atom stereocenters. The average molecular weight is 317 g/mol. The fourth-order valence-corrected chi connectivity index (χ4v) is 3.11. The molecule has 0 aliphatic carbocycles. The van der Waals surface area contributed by atoms with E-state index in [0.29, 0.717) is 25.2 Å².